The van der Waals surface area contributed by atoms with Crippen LogP contribution in [0.4, 0.5) is 11.4 Å². The molecular formula is C16H17N3O4S. The minimum atomic E-state index is -3.90. The lowest BCUT2D eigenvalue weighted by atomic mass is 10.2. The van der Waals surface area contributed by atoms with E-state index in [-0.39, 0.29) is 22.7 Å². The van der Waals surface area contributed by atoms with Gasteiger partial charge in [0, 0.05) is 31.3 Å². The van der Waals surface area contributed by atoms with Crippen LogP contribution in [0.1, 0.15) is 11.1 Å². The zero-order chi connectivity index (χ0) is 17.3. The summed E-state index contributed by atoms with van der Waals surface area (Å²) in [4.78, 5) is 10.5. The average Bonchev–Trinajstić information content (AvgIpc) is 2.77. The molecule has 8 heteroatoms. The normalized spacial score (nSPS) is 14.8. The Morgan fingerprint density at radius 1 is 1.17 bits per heavy atom. The van der Waals surface area contributed by atoms with E-state index in [1.165, 1.54) is 29.4 Å². The number of fused-ring (bicyclic) bond motifs is 1. The van der Waals surface area contributed by atoms with Gasteiger partial charge in [0.2, 0.25) is 0 Å². The van der Waals surface area contributed by atoms with E-state index >= 15 is 0 Å². The van der Waals surface area contributed by atoms with Crippen LogP contribution in [0, 0.1) is 17.0 Å². The maximum atomic E-state index is 13.2. The number of para-hydroxylation sites is 1. The van der Waals surface area contributed by atoms with Crippen LogP contribution in [0.15, 0.2) is 47.4 Å². The van der Waals surface area contributed by atoms with Crippen LogP contribution < -0.4 is 9.62 Å². The SMILES string of the molecule is Cc1c([N+](=O)[O-])cccc1S(=O)(=O)N1CCNCc2ccccc21. The van der Waals surface area contributed by atoms with E-state index in [2.05, 4.69) is 5.32 Å². The van der Waals surface area contributed by atoms with Gasteiger partial charge in [-0.25, -0.2) is 8.42 Å². The highest BCUT2D eigenvalue weighted by molar-refractivity contribution is 7.92. The molecule has 24 heavy (non-hydrogen) atoms. The van der Waals surface area contributed by atoms with Gasteiger partial charge in [-0.15, -0.1) is 0 Å². The molecule has 1 aliphatic rings. The molecule has 0 radical (unpaired) electrons. The van der Waals surface area contributed by atoms with Crippen LogP contribution >= 0.6 is 0 Å². The second-order valence-electron chi connectivity index (χ2n) is 5.54. The summed E-state index contributed by atoms with van der Waals surface area (Å²) in [6, 6.07) is 11.4. The predicted octanol–water partition coefficient (Wildman–Crippen LogP) is 2.20. The van der Waals surface area contributed by atoms with Crippen molar-refractivity contribution in [1.82, 2.24) is 5.32 Å². The second-order valence-corrected chi connectivity index (χ2v) is 7.37. The molecular weight excluding hydrogens is 330 g/mol. The fourth-order valence-corrected chi connectivity index (χ4v) is 4.62. The Balaban J connectivity index is 2.16. The number of nitro groups is 1. The Hall–Kier alpha value is -2.45. The molecule has 0 bridgehead atoms. The summed E-state index contributed by atoms with van der Waals surface area (Å²) >= 11 is 0. The van der Waals surface area contributed by atoms with Gasteiger partial charge in [0.05, 0.1) is 15.5 Å². The van der Waals surface area contributed by atoms with E-state index in [9.17, 15) is 18.5 Å². The lowest BCUT2D eigenvalue weighted by Crippen LogP contribution is -2.35. The van der Waals surface area contributed by atoms with Gasteiger partial charge >= 0.3 is 0 Å². The summed E-state index contributed by atoms with van der Waals surface area (Å²) in [5.41, 5.74) is 1.43. The fraction of sp³-hybridized carbons (Fsp3) is 0.250. The number of hydrogen-bond donors (Lipinski definition) is 1. The van der Waals surface area contributed by atoms with Crippen molar-refractivity contribution in [1.29, 1.82) is 0 Å². The van der Waals surface area contributed by atoms with E-state index < -0.39 is 14.9 Å². The van der Waals surface area contributed by atoms with Crippen molar-refractivity contribution in [2.45, 2.75) is 18.4 Å². The standard InChI is InChI=1S/C16H17N3O4S/c1-12-14(19(20)21)7-4-8-16(12)24(22,23)18-10-9-17-11-13-5-2-3-6-15(13)18/h2-8,17H,9-11H2,1H3. The van der Waals surface area contributed by atoms with Crippen LogP contribution in [0.25, 0.3) is 0 Å². The molecule has 1 heterocycles. The average molecular weight is 347 g/mol. The van der Waals surface area contributed by atoms with Crippen LogP contribution in [0.2, 0.25) is 0 Å². The highest BCUT2D eigenvalue weighted by Crippen LogP contribution is 2.32. The lowest BCUT2D eigenvalue weighted by molar-refractivity contribution is -0.385. The number of nitro benzene ring substituents is 1. The summed E-state index contributed by atoms with van der Waals surface area (Å²) in [5, 5.41) is 14.3. The second kappa shape index (κ2) is 6.21. The molecule has 0 unspecified atom stereocenters. The summed E-state index contributed by atoms with van der Waals surface area (Å²) in [6.45, 7) is 2.81. The first kappa shape index (κ1) is 16.4. The Morgan fingerprint density at radius 3 is 2.67 bits per heavy atom. The van der Waals surface area contributed by atoms with Crippen molar-refractivity contribution in [3.05, 3.63) is 63.7 Å². The van der Waals surface area contributed by atoms with Crippen molar-refractivity contribution in [3.8, 4) is 0 Å². The molecule has 3 rings (SSSR count). The minimum Gasteiger partial charge on any atom is -0.311 e. The van der Waals surface area contributed by atoms with Gasteiger partial charge in [0.25, 0.3) is 15.7 Å². The lowest BCUT2D eigenvalue weighted by Gasteiger charge is -2.24. The molecule has 2 aromatic carbocycles. The van der Waals surface area contributed by atoms with Crippen molar-refractivity contribution in [3.63, 3.8) is 0 Å². The molecule has 2 aromatic rings. The molecule has 7 nitrogen and oxygen atoms in total. The summed E-state index contributed by atoms with van der Waals surface area (Å²) in [7, 11) is -3.90. The Morgan fingerprint density at radius 2 is 1.92 bits per heavy atom. The zero-order valence-electron chi connectivity index (χ0n) is 13.1. The van der Waals surface area contributed by atoms with E-state index in [4.69, 9.17) is 0 Å². The summed E-state index contributed by atoms with van der Waals surface area (Å²) in [5.74, 6) is 0. The van der Waals surface area contributed by atoms with Crippen molar-refractivity contribution >= 4 is 21.4 Å². The Bertz CT molecular complexity index is 896. The number of hydrogen-bond acceptors (Lipinski definition) is 5. The molecule has 1 N–H and O–H groups in total. The number of benzene rings is 2. The molecule has 0 amide bonds. The molecule has 0 saturated carbocycles. The van der Waals surface area contributed by atoms with E-state index in [1.807, 2.05) is 12.1 Å². The summed E-state index contributed by atoms with van der Waals surface area (Å²) in [6.07, 6.45) is 0. The van der Waals surface area contributed by atoms with E-state index in [0.717, 1.165) is 5.56 Å². The van der Waals surface area contributed by atoms with Crippen LogP contribution in [-0.4, -0.2) is 26.4 Å². The first-order valence-corrected chi connectivity index (χ1v) is 8.92. The van der Waals surface area contributed by atoms with Gasteiger partial charge in [-0.1, -0.05) is 24.3 Å². The number of sulfonamides is 1. The largest absolute Gasteiger partial charge is 0.311 e. The maximum absolute atomic E-state index is 13.2. The molecule has 0 atom stereocenters. The highest BCUT2D eigenvalue weighted by atomic mass is 32.2. The first-order chi connectivity index (χ1) is 11.4. The Labute approximate surface area is 140 Å². The minimum absolute atomic E-state index is 0.0339. The molecule has 126 valence electrons. The fourth-order valence-electron chi connectivity index (χ4n) is 2.88. The monoisotopic (exact) mass is 347 g/mol. The predicted molar refractivity (Wildman–Crippen MR) is 90.5 cm³/mol. The van der Waals surface area contributed by atoms with E-state index in [0.29, 0.717) is 18.8 Å². The van der Waals surface area contributed by atoms with Crippen LogP contribution in [-0.2, 0) is 16.6 Å². The van der Waals surface area contributed by atoms with Gasteiger partial charge in [0.15, 0.2) is 0 Å². The van der Waals surface area contributed by atoms with E-state index in [1.54, 1.807) is 12.1 Å². The molecule has 0 spiro atoms. The van der Waals surface area contributed by atoms with Crippen molar-refractivity contribution < 1.29 is 13.3 Å². The maximum Gasteiger partial charge on any atom is 0.273 e. The highest BCUT2D eigenvalue weighted by Gasteiger charge is 2.31. The third-order valence-corrected chi connectivity index (χ3v) is 6.05. The number of rotatable bonds is 3. The molecule has 0 aliphatic carbocycles. The summed E-state index contributed by atoms with van der Waals surface area (Å²) < 4.78 is 27.7. The Kier molecular flexibility index (Phi) is 4.25. The molecule has 0 aromatic heterocycles. The van der Waals surface area contributed by atoms with Crippen molar-refractivity contribution in [2.24, 2.45) is 0 Å². The molecule has 1 aliphatic heterocycles. The number of nitrogens with zero attached hydrogens (tertiary/aromatic N) is 2. The van der Waals surface area contributed by atoms with Gasteiger partial charge in [-0.2, -0.15) is 0 Å². The smallest absolute Gasteiger partial charge is 0.273 e. The zero-order valence-corrected chi connectivity index (χ0v) is 13.9. The van der Waals surface area contributed by atoms with Gasteiger partial charge in [-0.3, -0.25) is 14.4 Å². The van der Waals surface area contributed by atoms with Gasteiger partial charge in [-0.05, 0) is 24.6 Å². The van der Waals surface area contributed by atoms with Crippen molar-refractivity contribution in [2.75, 3.05) is 17.4 Å². The quantitative estimate of drug-likeness (QED) is 0.679. The first-order valence-electron chi connectivity index (χ1n) is 7.48. The van der Waals surface area contributed by atoms with Gasteiger partial charge in [0.1, 0.15) is 0 Å². The number of nitrogens with one attached hydrogen (secondary N) is 1. The van der Waals surface area contributed by atoms with Crippen LogP contribution in [0.3, 0.4) is 0 Å². The number of anilines is 1. The van der Waals surface area contributed by atoms with Gasteiger partial charge < -0.3 is 5.32 Å². The molecule has 0 fully saturated rings. The third kappa shape index (κ3) is 2.74. The third-order valence-electron chi connectivity index (χ3n) is 4.09. The topological polar surface area (TPSA) is 92.5 Å². The van der Waals surface area contributed by atoms with Crippen LogP contribution in [0.5, 0.6) is 0 Å². The molecule has 0 saturated heterocycles.